The molecular formula is C15H12O3S. The van der Waals surface area contributed by atoms with Crippen LogP contribution in [0.1, 0.15) is 5.56 Å². The molecule has 0 aliphatic rings. The largest absolute Gasteiger partial charge is 0.497 e. The van der Waals surface area contributed by atoms with Gasteiger partial charge in [0.15, 0.2) is 0 Å². The first kappa shape index (κ1) is 13.2. The normalized spacial score (nSPS) is 10.4. The molecule has 0 saturated heterocycles. The Morgan fingerprint density at radius 1 is 0.947 bits per heavy atom. The lowest BCUT2D eigenvalue weighted by atomic mass is 10.2. The summed E-state index contributed by atoms with van der Waals surface area (Å²) >= 11 is 0. The standard InChI is InChI=1S/C15H12O3S/c1-18-14-7-9-15(10-8-14)19(16,17)12-11-13-5-3-2-4-6-13/h2-10H,1H3. The van der Waals surface area contributed by atoms with E-state index in [1.807, 2.05) is 18.2 Å². The van der Waals surface area contributed by atoms with Crippen LogP contribution in [0, 0.1) is 11.2 Å². The van der Waals surface area contributed by atoms with Crippen LogP contribution >= 0.6 is 0 Å². The molecule has 0 aromatic heterocycles. The van der Waals surface area contributed by atoms with Crippen molar-refractivity contribution in [3.63, 3.8) is 0 Å². The molecule has 4 heteroatoms. The van der Waals surface area contributed by atoms with Gasteiger partial charge in [-0.1, -0.05) is 18.2 Å². The minimum absolute atomic E-state index is 0.164. The van der Waals surface area contributed by atoms with Crippen molar-refractivity contribution in [1.82, 2.24) is 0 Å². The van der Waals surface area contributed by atoms with Gasteiger partial charge in [-0.25, -0.2) is 8.42 Å². The Labute approximate surface area is 112 Å². The lowest BCUT2D eigenvalue weighted by Gasteiger charge is -2.00. The SMILES string of the molecule is COc1ccc(S(=O)(=O)C#Cc2ccccc2)cc1. The highest BCUT2D eigenvalue weighted by Gasteiger charge is 2.10. The predicted octanol–water partition coefficient (Wildman–Crippen LogP) is 2.48. The Kier molecular flexibility index (Phi) is 3.88. The average Bonchev–Trinajstić information content (AvgIpc) is 2.46. The number of benzene rings is 2. The van der Waals surface area contributed by atoms with Crippen LogP contribution in [0.25, 0.3) is 0 Å². The fraction of sp³-hybridized carbons (Fsp3) is 0.0667. The molecule has 0 amide bonds. The summed E-state index contributed by atoms with van der Waals surface area (Å²) in [5.41, 5.74) is 0.666. The minimum Gasteiger partial charge on any atom is -0.497 e. The van der Waals surface area contributed by atoms with Gasteiger partial charge in [0, 0.05) is 10.8 Å². The summed E-state index contributed by atoms with van der Waals surface area (Å²) in [5.74, 6) is 3.25. The third kappa shape index (κ3) is 3.36. The Bertz CT molecular complexity index is 705. The zero-order chi connectivity index (χ0) is 13.7. The van der Waals surface area contributed by atoms with Crippen molar-refractivity contribution in [1.29, 1.82) is 0 Å². The molecule has 0 aliphatic carbocycles. The molecular weight excluding hydrogens is 260 g/mol. The van der Waals surface area contributed by atoms with E-state index in [2.05, 4.69) is 11.2 Å². The van der Waals surface area contributed by atoms with Crippen molar-refractivity contribution in [2.24, 2.45) is 0 Å². The topological polar surface area (TPSA) is 43.4 Å². The Morgan fingerprint density at radius 3 is 2.16 bits per heavy atom. The van der Waals surface area contributed by atoms with Gasteiger partial charge in [0.2, 0.25) is 9.84 Å². The molecule has 0 aliphatic heterocycles. The van der Waals surface area contributed by atoms with Crippen LogP contribution < -0.4 is 4.74 Å². The van der Waals surface area contributed by atoms with Gasteiger partial charge in [-0.3, -0.25) is 0 Å². The van der Waals surface area contributed by atoms with Gasteiger partial charge < -0.3 is 4.74 Å². The van der Waals surface area contributed by atoms with Crippen LogP contribution in [-0.2, 0) is 9.84 Å². The molecule has 2 aromatic carbocycles. The van der Waals surface area contributed by atoms with Crippen LogP contribution in [0.3, 0.4) is 0 Å². The van der Waals surface area contributed by atoms with E-state index in [1.165, 1.54) is 19.2 Å². The summed E-state index contributed by atoms with van der Waals surface area (Å²) in [6.07, 6.45) is 0. The number of rotatable bonds is 2. The molecule has 0 N–H and O–H groups in total. The van der Waals surface area contributed by atoms with E-state index < -0.39 is 9.84 Å². The van der Waals surface area contributed by atoms with E-state index in [9.17, 15) is 8.42 Å². The summed E-state index contributed by atoms with van der Waals surface area (Å²) < 4.78 is 29.0. The highest BCUT2D eigenvalue weighted by molar-refractivity contribution is 7.96. The molecule has 0 fully saturated rings. The molecule has 3 nitrogen and oxygen atoms in total. The highest BCUT2D eigenvalue weighted by Crippen LogP contribution is 2.16. The molecule has 0 heterocycles. The molecule has 2 aromatic rings. The number of hydrogen-bond acceptors (Lipinski definition) is 3. The zero-order valence-corrected chi connectivity index (χ0v) is 11.1. The van der Waals surface area contributed by atoms with E-state index >= 15 is 0 Å². The van der Waals surface area contributed by atoms with E-state index in [0.717, 1.165) is 0 Å². The van der Waals surface area contributed by atoms with Gasteiger partial charge in [-0.05, 0) is 42.3 Å². The van der Waals surface area contributed by atoms with Gasteiger partial charge in [0.05, 0.1) is 12.0 Å². The average molecular weight is 272 g/mol. The van der Waals surface area contributed by atoms with Gasteiger partial charge in [-0.15, -0.1) is 0 Å². The van der Waals surface area contributed by atoms with E-state index in [1.54, 1.807) is 24.3 Å². The lowest BCUT2D eigenvalue weighted by Crippen LogP contribution is -1.97. The van der Waals surface area contributed by atoms with Crippen LogP contribution in [0.15, 0.2) is 59.5 Å². The van der Waals surface area contributed by atoms with Gasteiger partial charge >= 0.3 is 0 Å². The van der Waals surface area contributed by atoms with Crippen molar-refractivity contribution >= 4 is 9.84 Å². The maximum atomic E-state index is 12.0. The van der Waals surface area contributed by atoms with Crippen molar-refractivity contribution in [3.05, 3.63) is 60.2 Å². The molecule has 19 heavy (non-hydrogen) atoms. The second-order valence-corrected chi connectivity index (χ2v) is 5.45. The monoisotopic (exact) mass is 272 g/mol. The second kappa shape index (κ2) is 5.59. The summed E-state index contributed by atoms with van der Waals surface area (Å²) in [4.78, 5) is 0.164. The summed E-state index contributed by atoms with van der Waals surface area (Å²) in [7, 11) is -2.07. The van der Waals surface area contributed by atoms with Crippen molar-refractivity contribution in [2.45, 2.75) is 4.90 Å². The molecule has 0 spiro atoms. The number of hydrogen-bond donors (Lipinski definition) is 0. The zero-order valence-electron chi connectivity index (χ0n) is 10.3. The first-order valence-electron chi connectivity index (χ1n) is 5.59. The molecule has 0 radical (unpaired) electrons. The lowest BCUT2D eigenvalue weighted by molar-refractivity contribution is 0.414. The van der Waals surface area contributed by atoms with Gasteiger partial charge in [-0.2, -0.15) is 0 Å². The first-order valence-corrected chi connectivity index (χ1v) is 7.07. The fourth-order valence-electron chi connectivity index (χ4n) is 1.46. The fourth-order valence-corrected chi connectivity index (χ4v) is 2.33. The predicted molar refractivity (Wildman–Crippen MR) is 73.5 cm³/mol. The van der Waals surface area contributed by atoms with Crippen LogP contribution in [0.2, 0.25) is 0 Å². The van der Waals surface area contributed by atoms with Crippen molar-refractivity contribution in [2.75, 3.05) is 7.11 Å². The molecule has 0 atom stereocenters. The van der Waals surface area contributed by atoms with E-state index in [4.69, 9.17) is 4.74 Å². The molecule has 0 bridgehead atoms. The van der Waals surface area contributed by atoms with Crippen LogP contribution in [0.4, 0.5) is 0 Å². The van der Waals surface area contributed by atoms with Crippen LogP contribution in [0.5, 0.6) is 5.75 Å². The van der Waals surface area contributed by atoms with Crippen LogP contribution in [-0.4, -0.2) is 15.5 Å². The van der Waals surface area contributed by atoms with E-state index in [0.29, 0.717) is 11.3 Å². The smallest absolute Gasteiger partial charge is 0.245 e. The van der Waals surface area contributed by atoms with E-state index in [-0.39, 0.29) is 4.90 Å². The quantitative estimate of drug-likeness (QED) is 0.789. The minimum atomic E-state index is -3.60. The van der Waals surface area contributed by atoms with Crippen molar-refractivity contribution < 1.29 is 13.2 Å². The summed E-state index contributed by atoms with van der Waals surface area (Å²) in [6.45, 7) is 0. The number of sulfone groups is 1. The van der Waals surface area contributed by atoms with Gasteiger partial charge in [0.25, 0.3) is 0 Å². The van der Waals surface area contributed by atoms with Gasteiger partial charge in [0.1, 0.15) is 5.75 Å². The summed E-state index contributed by atoms with van der Waals surface area (Å²) in [5, 5.41) is 2.31. The molecule has 0 unspecified atom stereocenters. The Balaban J connectivity index is 2.30. The van der Waals surface area contributed by atoms with Crippen molar-refractivity contribution in [3.8, 4) is 16.9 Å². The maximum Gasteiger partial charge on any atom is 0.245 e. The Hall–Kier alpha value is -2.25. The second-order valence-electron chi connectivity index (χ2n) is 3.77. The molecule has 96 valence electrons. The third-order valence-electron chi connectivity index (χ3n) is 2.47. The third-order valence-corrected chi connectivity index (χ3v) is 3.74. The highest BCUT2D eigenvalue weighted by atomic mass is 32.2. The molecule has 0 saturated carbocycles. The maximum absolute atomic E-state index is 12.0. The Morgan fingerprint density at radius 2 is 1.58 bits per heavy atom. The molecule has 2 rings (SSSR count). The number of methoxy groups -OCH3 is 1. The first-order chi connectivity index (χ1) is 9.12. The number of ether oxygens (including phenoxy) is 1. The summed E-state index contributed by atoms with van der Waals surface area (Å²) in [6, 6.07) is 15.1.